The summed E-state index contributed by atoms with van der Waals surface area (Å²) in [5.74, 6) is -0.495. The van der Waals surface area contributed by atoms with E-state index in [4.69, 9.17) is 19.2 Å². The first kappa shape index (κ1) is 40.5. The minimum Gasteiger partial charge on any atom is -0.491 e. The number of aryl methyl sites for hydroxylation is 1. The molecular formula is C42H48BrFN4O5SSi. The second-order valence-corrected chi connectivity index (χ2v) is 23.4. The minimum absolute atomic E-state index is 0.171. The number of thiazole rings is 1. The lowest BCUT2D eigenvalue weighted by Gasteiger charge is -2.31. The highest BCUT2D eigenvalue weighted by atomic mass is 79.9. The number of carbonyl (C=O) groups excluding carboxylic acids is 2. The monoisotopic (exact) mass is 846 g/mol. The van der Waals surface area contributed by atoms with Gasteiger partial charge in [0.05, 0.1) is 16.8 Å². The van der Waals surface area contributed by atoms with E-state index in [-0.39, 0.29) is 24.0 Å². The van der Waals surface area contributed by atoms with E-state index in [0.717, 1.165) is 27.4 Å². The second kappa shape index (κ2) is 17.3. The van der Waals surface area contributed by atoms with Gasteiger partial charge in [0.15, 0.2) is 22.1 Å². The molecule has 0 atom stereocenters. The third-order valence-corrected chi connectivity index (χ3v) is 12.4. The first-order valence-electron chi connectivity index (χ1n) is 18.6. The van der Waals surface area contributed by atoms with Crippen LogP contribution in [0, 0.1) is 5.82 Å². The molecule has 1 amide bonds. The quantitative estimate of drug-likeness (QED) is 0.0662. The number of esters is 1. The lowest BCUT2D eigenvalue weighted by atomic mass is 9.94. The molecule has 13 heteroatoms. The van der Waals surface area contributed by atoms with E-state index in [0.29, 0.717) is 71.9 Å². The van der Waals surface area contributed by atoms with Crippen molar-refractivity contribution in [3.8, 4) is 5.75 Å². The molecule has 0 fully saturated rings. The zero-order valence-electron chi connectivity index (χ0n) is 32.3. The molecule has 0 saturated carbocycles. The van der Waals surface area contributed by atoms with Gasteiger partial charge >= 0.3 is 5.97 Å². The standard InChI is InChI=1S/C42H48BrFN4O5SSi/c1-42(2,3)53-40(50)38-29(12-10-22-52-35-18-17-30(43)25-33(35)44)16-19-37(45-38)47-21-20-28-11-9-13-31(32(28)26-47)39(49)46-41-48(27-51-23-24-55(4,5)6)34-14-7-8-15-36(34)54-41/h7-9,11,13-19,25H,10,12,20-24,26-27H2,1-6H3/b46-41-. The van der Waals surface area contributed by atoms with Crippen molar-refractivity contribution in [1.29, 1.82) is 0 Å². The molecule has 2 aromatic heterocycles. The van der Waals surface area contributed by atoms with Crippen molar-refractivity contribution in [2.45, 2.75) is 84.6 Å². The normalized spacial score (nSPS) is 13.6. The summed E-state index contributed by atoms with van der Waals surface area (Å²) in [5, 5.41) is 0. The Labute approximate surface area is 335 Å². The number of nitrogens with zero attached hydrogens (tertiary/aromatic N) is 4. The summed E-state index contributed by atoms with van der Waals surface area (Å²) in [5.41, 5.74) is 3.72. The number of aromatic nitrogens is 2. The molecule has 0 saturated heterocycles. The van der Waals surface area contributed by atoms with Crippen molar-refractivity contribution < 1.29 is 28.2 Å². The van der Waals surface area contributed by atoms with Gasteiger partial charge < -0.3 is 19.1 Å². The minimum atomic E-state index is -1.26. The van der Waals surface area contributed by atoms with E-state index in [2.05, 4.69) is 51.5 Å². The molecule has 0 N–H and O–H groups in total. The van der Waals surface area contributed by atoms with E-state index in [1.807, 2.05) is 73.9 Å². The van der Waals surface area contributed by atoms with Crippen molar-refractivity contribution in [2.24, 2.45) is 4.99 Å². The molecular weight excluding hydrogens is 800 g/mol. The fraction of sp³-hybridized carbons (Fsp3) is 0.381. The number of rotatable bonds is 13. The van der Waals surface area contributed by atoms with E-state index < -0.39 is 25.5 Å². The molecule has 3 aromatic carbocycles. The largest absolute Gasteiger partial charge is 0.491 e. The van der Waals surface area contributed by atoms with Gasteiger partial charge in [-0.2, -0.15) is 4.99 Å². The molecule has 0 aliphatic carbocycles. The van der Waals surface area contributed by atoms with Crippen LogP contribution >= 0.6 is 27.3 Å². The lowest BCUT2D eigenvalue weighted by Crippen LogP contribution is -2.33. The van der Waals surface area contributed by atoms with Gasteiger partial charge in [0, 0.05) is 37.8 Å². The number of amides is 1. The first-order valence-corrected chi connectivity index (χ1v) is 23.9. The van der Waals surface area contributed by atoms with Crippen LogP contribution in [0.3, 0.4) is 0 Å². The smallest absolute Gasteiger partial charge is 0.357 e. The molecule has 9 nitrogen and oxygen atoms in total. The Kier molecular flexibility index (Phi) is 12.7. The highest BCUT2D eigenvalue weighted by Gasteiger charge is 2.27. The molecule has 3 heterocycles. The number of pyridine rings is 1. The maximum atomic E-state index is 14.3. The Bertz CT molecular complexity index is 2260. The van der Waals surface area contributed by atoms with Gasteiger partial charge in [-0.15, -0.1) is 0 Å². The molecule has 0 bridgehead atoms. The topological polar surface area (TPSA) is 95.2 Å². The van der Waals surface area contributed by atoms with Crippen LogP contribution in [0.15, 0.2) is 82.3 Å². The zero-order chi connectivity index (χ0) is 39.3. The van der Waals surface area contributed by atoms with Gasteiger partial charge in [0.1, 0.15) is 18.1 Å². The van der Waals surface area contributed by atoms with E-state index >= 15 is 0 Å². The van der Waals surface area contributed by atoms with E-state index in [1.54, 1.807) is 12.1 Å². The fourth-order valence-corrected chi connectivity index (χ4v) is 8.39. The summed E-state index contributed by atoms with van der Waals surface area (Å²) in [6, 6.07) is 23.4. The number of hydrogen-bond acceptors (Lipinski definition) is 8. The molecule has 0 unspecified atom stereocenters. The number of para-hydroxylation sites is 1. The Balaban J connectivity index is 1.23. The Morgan fingerprint density at radius 3 is 2.58 bits per heavy atom. The summed E-state index contributed by atoms with van der Waals surface area (Å²) >= 11 is 4.74. The van der Waals surface area contributed by atoms with Crippen LogP contribution in [-0.2, 0) is 35.6 Å². The number of hydrogen-bond donors (Lipinski definition) is 0. The van der Waals surface area contributed by atoms with Gasteiger partial charge in [-0.1, -0.05) is 77.2 Å². The van der Waals surface area contributed by atoms with Gasteiger partial charge in [-0.05, 0) is 105 Å². The molecule has 1 aliphatic rings. The first-order chi connectivity index (χ1) is 26.1. The maximum Gasteiger partial charge on any atom is 0.357 e. The van der Waals surface area contributed by atoms with Crippen LogP contribution in [0.1, 0.15) is 64.7 Å². The van der Waals surface area contributed by atoms with Crippen molar-refractivity contribution >= 4 is 63.3 Å². The summed E-state index contributed by atoms with van der Waals surface area (Å²) in [7, 11) is -1.26. The summed E-state index contributed by atoms with van der Waals surface area (Å²) in [4.78, 5) is 39.8. The number of carbonyl (C=O) groups is 2. The molecule has 5 aromatic rings. The highest BCUT2D eigenvalue weighted by molar-refractivity contribution is 9.10. The molecule has 0 spiro atoms. The van der Waals surface area contributed by atoms with Crippen molar-refractivity contribution in [3.63, 3.8) is 0 Å². The van der Waals surface area contributed by atoms with Gasteiger partial charge in [0.2, 0.25) is 0 Å². The molecule has 0 radical (unpaired) electrons. The third kappa shape index (κ3) is 10.6. The van der Waals surface area contributed by atoms with Crippen LogP contribution in [0.4, 0.5) is 10.2 Å². The molecule has 290 valence electrons. The van der Waals surface area contributed by atoms with Crippen LogP contribution in [-0.4, -0.2) is 54.9 Å². The number of benzene rings is 3. The third-order valence-electron chi connectivity index (χ3n) is 9.13. The van der Waals surface area contributed by atoms with Crippen LogP contribution in [0.2, 0.25) is 25.7 Å². The highest BCUT2D eigenvalue weighted by Crippen LogP contribution is 2.29. The number of halogens is 2. The molecule has 1 aliphatic heterocycles. The second-order valence-electron chi connectivity index (χ2n) is 15.9. The van der Waals surface area contributed by atoms with E-state index in [1.165, 1.54) is 17.4 Å². The summed E-state index contributed by atoms with van der Waals surface area (Å²) < 4.78 is 35.5. The number of ether oxygens (including phenoxy) is 3. The van der Waals surface area contributed by atoms with Crippen LogP contribution < -0.4 is 14.4 Å². The summed E-state index contributed by atoms with van der Waals surface area (Å²) in [6.07, 6.45) is 1.70. The average Bonchev–Trinajstić information content (AvgIpc) is 3.47. The fourth-order valence-electron chi connectivity index (χ4n) is 6.28. The van der Waals surface area contributed by atoms with Crippen LogP contribution in [0.5, 0.6) is 5.75 Å². The van der Waals surface area contributed by atoms with Gasteiger partial charge in [-0.3, -0.25) is 9.36 Å². The van der Waals surface area contributed by atoms with Crippen LogP contribution in [0.25, 0.3) is 10.2 Å². The summed E-state index contributed by atoms with van der Waals surface area (Å²) in [6.45, 7) is 14.7. The number of fused-ring (bicyclic) bond motifs is 2. The number of anilines is 1. The van der Waals surface area contributed by atoms with Gasteiger partial charge in [0.25, 0.3) is 5.91 Å². The zero-order valence-corrected chi connectivity index (χ0v) is 35.7. The predicted molar refractivity (Wildman–Crippen MR) is 222 cm³/mol. The van der Waals surface area contributed by atoms with Crippen molar-refractivity contribution in [2.75, 3.05) is 24.7 Å². The van der Waals surface area contributed by atoms with Crippen molar-refractivity contribution in [1.82, 2.24) is 9.55 Å². The average molecular weight is 848 g/mol. The SMILES string of the molecule is CC(C)(C)OC(=O)c1nc(N2CCc3cccc(C(=O)/N=c4\sc5ccccc5n4COCC[Si](C)(C)C)c3C2)ccc1CCCOc1ccc(Br)cc1F. The molecule has 55 heavy (non-hydrogen) atoms. The Morgan fingerprint density at radius 1 is 1.02 bits per heavy atom. The maximum absolute atomic E-state index is 14.3. The Hall–Kier alpha value is -4.17. The van der Waals surface area contributed by atoms with Crippen molar-refractivity contribution in [3.05, 3.63) is 116 Å². The van der Waals surface area contributed by atoms with E-state index in [9.17, 15) is 14.0 Å². The molecule has 6 rings (SSSR count). The Morgan fingerprint density at radius 2 is 1.82 bits per heavy atom. The van der Waals surface area contributed by atoms with Gasteiger partial charge in [-0.25, -0.2) is 14.2 Å². The predicted octanol–water partition coefficient (Wildman–Crippen LogP) is 9.58. The lowest BCUT2D eigenvalue weighted by molar-refractivity contribution is 0.00613.